The van der Waals surface area contributed by atoms with Gasteiger partial charge in [-0.25, -0.2) is 0 Å². The lowest BCUT2D eigenvalue weighted by atomic mass is 10.2. The van der Waals surface area contributed by atoms with Gasteiger partial charge in [0.15, 0.2) is 5.17 Å². The SMILES string of the molecule is COc1ccc(C(=O)NC2=NC(CC(=O)N3CCN(CC(=O)N4CCCC4)CC3)CS2)cc1. The predicted molar refractivity (Wildman–Crippen MR) is 128 cm³/mol. The lowest BCUT2D eigenvalue weighted by Crippen LogP contribution is -2.51. The van der Waals surface area contributed by atoms with Gasteiger partial charge < -0.3 is 19.9 Å². The number of hydrogen-bond acceptors (Lipinski definition) is 7. The number of carbonyl (C=O) groups is 3. The number of nitrogens with one attached hydrogen (secondary N) is 1. The third-order valence-corrected chi connectivity index (χ3v) is 7.27. The minimum absolute atomic E-state index is 0.0811. The van der Waals surface area contributed by atoms with E-state index in [0.29, 0.717) is 48.3 Å². The second-order valence-corrected chi connectivity index (χ2v) is 9.54. The van der Waals surface area contributed by atoms with E-state index in [9.17, 15) is 14.4 Å². The highest BCUT2D eigenvalue weighted by Gasteiger charge is 2.28. The Kier molecular flexibility index (Phi) is 7.87. The number of piperazine rings is 1. The number of ether oxygens (including phenoxy) is 1. The first-order chi connectivity index (χ1) is 16.0. The van der Waals surface area contributed by atoms with Gasteiger partial charge in [-0.15, -0.1) is 0 Å². The van der Waals surface area contributed by atoms with Crippen molar-refractivity contribution in [1.82, 2.24) is 20.0 Å². The largest absolute Gasteiger partial charge is 0.497 e. The molecule has 178 valence electrons. The lowest BCUT2D eigenvalue weighted by Gasteiger charge is -2.35. The van der Waals surface area contributed by atoms with Crippen LogP contribution < -0.4 is 10.1 Å². The molecule has 1 N–H and O–H groups in total. The molecular formula is C23H31N5O4S. The van der Waals surface area contributed by atoms with E-state index in [0.717, 1.165) is 39.0 Å². The molecule has 3 heterocycles. The fourth-order valence-corrected chi connectivity index (χ4v) is 5.18. The first kappa shape index (κ1) is 23.6. The number of carbonyl (C=O) groups excluding carboxylic acids is 3. The number of rotatable bonds is 6. The van der Waals surface area contributed by atoms with Gasteiger partial charge in [0, 0.05) is 50.6 Å². The van der Waals surface area contributed by atoms with Crippen molar-refractivity contribution < 1.29 is 19.1 Å². The van der Waals surface area contributed by atoms with Crippen molar-refractivity contribution in [2.75, 3.05) is 58.7 Å². The Hall–Kier alpha value is -2.59. The smallest absolute Gasteiger partial charge is 0.257 e. The number of benzene rings is 1. The number of nitrogens with zero attached hydrogens (tertiary/aromatic N) is 4. The van der Waals surface area contributed by atoms with Crippen LogP contribution in [0.15, 0.2) is 29.3 Å². The molecule has 0 spiro atoms. The summed E-state index contributed by atoms with van der Waals surface area (Å²) in [6.07, 6.45) is 2.53. The first-order valence-corrected chi connectivity index (χ1v) is 12.4. The van der Waals surface area contributed by atoms with Crippen LogP contribution in [0.25, 0.3) is 0 Å². The molecule has 1 aromatic rings. The van der Waals surface area contributed by atoms with E-state index >= 15 is 0 Å². The van der Waals surface area contributed by atoms with Crippen molar-refractivity contribution in [3.63, 3.8) is 0 Å². The molecule has 1 unspecified atom stereocenters. The average molecular weight is 474 g/mol. The van der Waals surface area contributed by atoms with Gasteiger partial charge in [-0.05, 0) is 37.1 Å². The van der Waals surface area contributed by atoms with E-state index in [4.69, 9.17) is 4.74 Å². The van der Waals surface area contributed by atoms with Crippen LogP contribution in [0.4, 0.5) is 0 Å². The molecule has 10 heteroatoms. The average Bonchev–Trinajstić information content (AvgIpc) is 3.52. The monoisotopic (exact) mass is 473 g/mol. The molecule has 0 aliphatic carbocycles. The van der Waals surface area contributed by atoms with Crippen LogP contribution in [-0.2, 0) is 9.59 Å². The second-order valence-electron chi connectivity index (χ2n) is 8.53. The van der Waals surface area contributed by atoms with Crippen LogP contribution in [0.5, 0.6) is 5.75 Å². The van der Waals surface area contributed by atoms with E-state index in [1.54, 1.807) is 31.4 Å². The Morgan fingerprint density at radius 3 is 2.33 bits per heavy atom. The fraction of sp³-hybridized carbons (Fsp3) is 0.565. The van der Waals surface area contributed by atoms with Gasteiger partial charge in [0.1, 0.15) is 5.75 Å². The molecule has 0 radical (unpaired) electrons. The highest BCUT2D eigenvalue weighted by atomic mass is 32.2. The number of methoxy groups -OCH3 is 1. The van der Waals surface area contributed by atoms with Crippen molar-refractivity contribution >= 4 is 34.7 Å². The van der Waals surface area contributed by atoms with Gasteiger partial charge in [0.05, 0.1) is 26.1 Å². The molecule has 33 heavy (non-hydrogen) atoms. The molecule has 3 amide bonds. The van der Waals surface area contributed by atoms with Crippen molar-refractivity contribution in [1.29, 1.82) is 0 Å². The van der Waals surface area contributed by atoms with Crippen LogP contribution in [0, 0.1) is 0 Å². The summed E-state index contributed by atoms with van der Waals surface area (Å²) in [6.45, 7) is 4.91. The Balaban J connectivity index is 1.20. The maximum absolute atomic E-state index is 12.8. The van der Waals surface area contributed by atoms with E-state index in [2.05, 4.69) is 15.2 Å². The number of thioether (sulfide) groups is 1. The molecular weight excluding hydrogens is 442 g/mol. The maximum atomic E-state index is 12.8. The molecule has 4 rings (SSSR count). The zero-order valence-electron chi connectivity index (χ0n) is 19.0. The molecule has 1 aromatic carbocycles. The van der Waals surface area contributed by atoms with Crippen LogP contribution in [0.1, 0.15) is 29.6 Å². The second kappa shape index (κ2) is 11.0. The maximum Gasteiger partial charge on any atom is 0.257 e. The van der Waals surface area contributed by atoms with Crippen molar-refractivity contribution in [3.05, 3.63) is 29.8 Å². The Bertz CT molecular complexity index is 893. The van der Waals surface area contributed by atoms with Crippen LogP contribution in [-0.4, -0.2) is 102 Å². The minimum atomic E-state index is -0.226. The Labute approximate surface area is 198 Å². The quantitative estimate of drug-likeness (QED) is 0.664. The molecule has 3 aliphatic heterocycles. The molecule has 0 saturated carbocycles. The first-order valence-electron chi connectivity index (χ1n) is 11.5. The van der Waals surface area contributed by atoms with Gasteiger partial charge in [-0.3, -0.25) is 24.3 Å². The van der Waals surface area contributed by atoms with E-state index in [1.807, 2.05) is 9.80 Å². The van der Waals surface area contributed by atoms with Gasteiger partial charge >= 0.3 is 0 Å². The van der Waals surface area contributed by atoms with Crippen LogP contribution in [0.3, 0.4) is 0 Å². The van der Waals surface area contributed by atoms with E-state index < -0.39 is 0 Å². The van der Waals surface area contributed by atoms with Crippen molar-refractivity contribution in [2.24, 2.45) is 4.99 Å². The van der Waals surface area contributed by atoms with E-state index in [-0.39, 0.29) is 23.8 Å². The minimum Gasteiger partial charge on any atom is -0.497 e. The number of aliphatic imine (C=N–C) groups is 1. The summed E-state index contributed by atoms with van der Waals surface area (Å²) < 4.78 is 5.11. The van der Waals surface area contributed by atoms with Crippen molar-refractivity contribution in [2.45, 2.75) is 25.3 Å². The number of hydrogen-bond donors (Lipinski definition) is 1. The lowest BCUT2D eigenvalue weighted by molar-refractivity contribution is -0.134. The Morgan fingerprint density at radius 2 is 1.67 bits per heavy atom. The summed E-state index contributed by atoms with van der Waals surface area (Å²) in [5.74, 6) is 1.42. The van der Waals surface area contributed by atoms with Crippen LogP contribution >= 0.6 is 11.8 Å². The predicted octanol–water partition coefficient (Wildman–Crippen LogP) is 1.05. The fourth-order valence-electron chi connectivity index (χ4n) is 4.24. The molecule has 9 nitrogen and oxygen atoms in total. The summed E-state index contributed by atoms with van der Waals surface area (Å²) in [7, 11) is 1.58. The van der Waals surface area contributed by atoms with Gasteiger partial charge in [-0.1, -0.05) is 11.8 Å². The standard InChI is InChI=1S/C23H31N5O4S/c1-32-19-6-4-17(5-7-19)22(31)25-23-24-18(16-33-23)14-20(29)28-12-10-26(11-13-28)15-21(30)27-8-2-3-9-27/h4-7,18H,2-3,8-16H2,1H3,(H,24,25,31). The van der Waals surface area contributed by atoms with Gasteiger partial charge in [-0.2, -0.15) is 0 Å². The van der Waals surface area contributed by atoms with Gasteiger partial charge in [0.25, 0.3) is 5.91 Å². The highest BCUT2D eigenvalue weighted by Crippen LogP contribution is 2.21. The van der Waals surface area contributed by atoms with Gasteiger partial charge in [0.2, 0.25) is 11.8 Å². The Morgan fingerprint density at radius 1 is 1.00 bits per heavy atom. The highest BCUT2D eigenvalue weighted by molar-refractivity contribution is 8.14. The normalized spacial score (nSPS) is 21.1. The number of amidine groups is 1. The summed E-state index contributed by atoms with van der Waals surface area (Å²) in [5, 5.41) is 3.38. The molecule has 2 fully saturated rings. The van der Waals surface area contributed by atoms with Crippen molar-refractivity contribution in [3.8, 4) is 5.75 Å². The zero-order chi connectivity index (χ0) is 23.2. The number of likely N-dealkylation sites (tertiary alicyclic amines) is 1. The molecule has 1 atom stereocenters. The molecule has 3 aliphatic rings. The van der Waals surface area contributed by atoms with E-state index in [1.165, 1.54) is 11.8 Å². The summed E-state index contributed by atoms with van der Waals surface area (Å²) in [6, 6.07) is 6.74. The third-order valence-electron chi connectivity index (χ3n) is 6.24. The molecule has 2 saturated heterocycles. The third kappa shape index (κ3) is 6.26. The summed E-state index contributed by atoms with van der Waals surface area (Å²) in [4.78, 5) is 48.0. The molecule has 0 aromatic heterocycles. The molecule has 0 bridgehead atoms. The number of amides is 3. The zero-order valence-corrected chi connectivity index (χ0v) is 19.8. The topological polar surface area (TPSA) is 94.5 Å². The summed E-state index contributed by atoms with van der Waals surface area (Å²) >= 11 is 1.46. The summed E-state index contributed by atoms with van der Waals surface area (Å²) in [5.41, 5.74) is 0.528. The van der Waals surface area contributed by atoms with Crippen LogP contribution in [0.2, 0.25) is 0 Å².